The van der Waals surface area contributed by atoms with Crippen molar-refractivity contribution in [1.29, 1.82) is 0 Å². The molecule has 1 saturated carbocycles. The van der Waals surface area contributed by atoms with Crippen LogP contribution >= 0.6 is 0 Å². The molecule has 3 aromatic rings. The van der Waals surface area contributed by atoms with E-state index in [4.69, 9.17) is 9.52 Å². The maximum atomic E-state index is 13.2. The van der Waals surface area contributed by atoms with Gasteiger partial charge in [-0.3, -0.25) is 4.79 Å². The van der Waals surface area contributed by atoms with Gasteiger partial charge in [-0.2, -0.15) is 5.10 Å². The Hall–Kier alpha value is -3.40. The molecule has 0 radical (unpaired) electrons. The molecule has 0 N–H and O–H groups in total. The van der Waals surface area contributed by atoms with Gasteiger partial charge in [0.15, 0.2) is 5.76 Å². The minimum absolute atomic E-state index is 0.108. The molecule has 1 aromatic heterocycles. The molecule has 0 unspecified atom stereocenters. The minimum Gasteiger partial charge on any atom is -0.459 e. The van der Waals surface area contributed by atoms with Gasteiger partial charge in [0.05, 0.1) is 18.0 Å². The second-order valence-corrected chi connectivity index (χ2v) is 7.55. The normalized spacial score (nSPS) is 22.4. The lowest BCUT2D eigenvalue weighted by Gasteiger charge is -2.29. The van der Waals surface area contributed by atoms with Crippen LogP contribution in [0.2, 0.25) is 0 Å². The summed E-state index contributed by atoms with van der Waals surface area (Å²) >= 11 is 0. The lowest BCUT2D eigenvalue weighted by atomic mass is 9.77. The molecular formula is C25H22N2O2. The molecular weight excluding hydrogens is 360 g/mol. The number of benzene rings is 2. The van der Waals surface area contributed by atoms with Crippen molar-refractivity contribution in [1.82, 2.24) is 5.01 Å². The second kappa shape index (κ2) is 7.55. The molecule has 4 nitrogen and oxygen atoms in total. The average Bonchev–Trinajstić information content (AvgIpc) is 3.43. The van der Waals surface area contributed by atoms with Crippen LogP contribution in [0.3, 0.4) is 0 Å². The Balaban J connectivity index is 1.58. The number of hydrogen-bond acceptors (Lipinski definition) is 3. The van der Waals surface area contributed by atoms with Gasteiger partial charge in [-0.25, -0.2) is 5.01 Å². The SMILES string of the molecule is O=C(c1ccco1)N1N=C2/C(=C/c3ccccc3)CCC[C@@H]2[C@H]1c1ccccc1. The third-order valence-corrected chi connectivity index (χ3v) is 5.72. The molecule has 2 atom stereocenters. The van der Waals surface area contributed by atoms with E-state index in [1.165, 1.54) is 11.8 Å². The highest BCUT2D eigenvalue weighted by atomic mass is 16.3. The summed E-state index contributed by atoms with van der Waals surface area (Å²) in [5.41, 5.74) is 4.53. The molecule has 144 valence electrons. The number of fused-ring (bicyclic) bond motifs is 1. The summed E-state index contributed by atoms with van der Waals surface area (Å²) < 4.78 is 5.39. The molecule has 2 heterocycles. The van der Waals surface area contributed by atoms with Gasteiger partial charge in [-0.15, -0.1) is 0 Å². The zero-order chi connectivity index (χ0) is 19.6. The number of carbonyl (C=O) groups is 1. The van der Waals surface area contributed by atoms with Crippen molar-refractivity contribution in [2.45, 2.75) is 25.3 Å². The number of carbonyl (C=O) groups excluding carboxylic acids is 1. The number of allylic oxidation sites excluding steroid dienone is 1. The monoisotopic (exact) mass is 382 g/mol. The van der Waals surface area contributed by atoms with Crippen molar-refractivity contribution in [2.24, 2.45) is 11.0 Å². The Labute approximate surface area is 170 Å². The molecule has 5 rings (SSSR count). The maximum Gasteiger partial charge on any atom is 0.310 e. The van der Waals surface area contributed by atoms with E-state index in [-0.39, 0.29) is 17.9 Å². The zero-order valence-corrected chi connectivity index (χ0v) is 16.1. The molecule has 1 aliphatic heterocycles. The van der Waals surface area contributed by atoms with Crippen molar-refractivity contribution >= 4 is 17.7 Å². The van der Waals surface area contributed by atoms with Crippen LogP contribution in [0.25, 0.3) is 6.08 Å². The van der Waals surface area contributed by atoms with Crippen molar-refractivity contribution < 1.29 is 9.21 Å². The summed E-state index contributed by atoms with van der Waals surface area (Å²) in [5.74, 6) is 0.326. The first kappa shape index (κ1) is 17.7. The fourth-order valence-electron chi connectivity index (χ4n) is 4.42. The summed E-state index contributed by atoms with van der Waals surface area (Å²) in [5, 5.41) is 6.51. The summed E-state index contributed by atoms with van der Waals surface area (Å²) in [6.07, 6.45) is 6.84. The average molecular weight is 382 g/mol. The van der Waals surface area contributed by atoms with Gasteiger partial charge in [0, 0.05) is 5.92 Å². The summed E-state index contributed by atoms with van der Waals surface area (Å²) in [7, 11) is 0. The fourth-order valence-corrected chi connectivity index (χ4v) is 4.42. The summed E-state index contributed by atoms with van der Waals surface area (Å²) in [6, 6.07) is 23.9. The number of hydrazone groups is 1. The molecule has 4 heteroatoms. The molecule has 2 aliphatic rings. The predicted octanol–water partition coefficient (Wildman–Crippen LogP) is 5.72. The van der Waals surface area contributed by atoms with Crippen molar-refractivity contribution in [3.63, 3.8) is 0 Å². The van der Waals surface area contributed by atoms with Gasteiger partial charge in [-0.1, -0.05) is 60.7 Å². The third-order valence-electron chi connectivity index (χ3n) is 5.72. The summed E-state index contributed by atoms with van der Waals surface area (Å²) in [6.45, 7) is 0. The number of hydrogen-bond donors (Lipinski definition) is 0. The number of furan rings is 1. The Kier molecular flexibility index (Phi) is 4.60. The fraction of sp³-hybridized carbons (Fsp3) is 0.200. The lowest BCUT2D eigenvalue weighted by Crippen LogP contribution is -2.31. The molecule has 1 aliphatic carbocycles. The van der Waals surface area contributed by atoms with Crippen LogP contribution in [0.15, 0.2) is 94.2 Å². The Morgan fingerprint density at radius 2 is 1.76 bits per heavy atom. The Bertz CT molecular complexity index is 1050. The van der Waals surface area contributed by atoms with Gasteiger partial charge in [0.25, 0.3) is 0 Å². The second-order valence-electron chi connectivity index (χ2n) is 7.55. The largest absolute Gasteiger partial charge is 0.459 e. The molecule has 29 heavy (non-hydrogen) atoms. The topological polar surface area (TPSA) is 45.8 Å². The molecule has 0 spiro atoms. The third kappa shape index (κ3) is 3.31. The Morgan fingerprint density at radius 3 is 2.48 bits per heavy atom. The first-order valence-corrected chi connectivity index (χ1v) is 10.1. The standard InChI is InChI=1S/C25H22N2O2/c28-25(22-15-8-16-29-22)27-24(19-11-5-2-6-12-19)21-14-7-13-20(23(21)26-27)17-18-9-3-1-4-10-18/h1-6,8-12,15-17,21,24H,7,13-14H2/b20-17+/t21-,24+/m0/s1. The van der Waals surface area contributed by atoms with Crippen LogP contribution in [0.5, 0.6) is 0 Å². The van der Waals surface area contributed by atoms with E-state index in [1.807, 2.05) is 36.4 Å². The molecule has 0 saturated heterocycles. The van der Waals surface area contributed by atoms with Crippen molar-refractivity contribution in [3.05, 3.63) is 102 Å². The van der Waals surface area contributed by atoms with Crippen LogP contribution < -0.4 is 0 Å². The smallest absolute Gasteiger partial charge is 0.310 e. The van der Waals surface area contributed by atoms with Gasteiger partial charge < -0.3 is 4.42 Å². The highest BCUT2D eigenvalue weighted by molar-refractivity contribution is 6.08. The molecule has 1 amide bonds. The lowest BCUT2D eigenvalue weighted by molar-refractivity contribution is 0.0648. The number of nitrogens with zero attached hydrogens (tertiary/aromatic N) is 2. The van der Waals surface area contributed by atoms with E-state index in [1.54, 1.807) is 17.1 Å². The minimum atomic E-state index is -0.190. The van der Waals surface area contributed by atoms with Crippen LogP contribution in [0.1, 0.15) is 47.0 Å². The quantitative estimate of drug-likeness (QED) is 0.582. The van der Waals surface area contributed by atoms with E-state index in [0.29, 0.717) is 5.76 Å². The van der Waals surface area contributed by atoms with E-state index < -0.39 is 0 Å². The highest BCUT2D eigenvalue weighted by Gasteiger charge is 2.44. The predicted molar refractivity (Wildman–Crippen MR) is 113 cm³/mol. The number of amides is 1. The maximum absolute atomic E-state index is 13.2. The molecule has 2 aromatic carbocycles. The zero-order valence-electron chi connectivity index (χ0n) is 16.1. The Morgan fingerprint density at radius 1 is 1.00 bits per heavy atom. The summed E-state index contributed by atoms with van der Waals surface area (Å²) in [4.78, 5) is 13.2. The van der Waals surface area contributed by atoms with Crippen LogP contribution in [-0.2, 0) is 0 Å². The van der Waals surface area contributed by atoms with Crippen LogP contribution in [-0.4, -0.2) is 16.6 Å². The van der Waals surface area contributed by atoms with Crippen molar-refractivity contribution in [2.75, 3.05) is 0 Å². The van der Waals surface area contributed by atoms with Crippen LogP contribution in [0.4, 0.5) is 0 Å². The van der Waals surface area contributed by atoms with Gasteiger partial charge in [-0.05, 0) is 54.2 Å². The first-order valence-electron chi connectivity index (χ1n) is 10.1. The highest BCUT2D eigenvalue weighted by Crippen LogP contribution is 2.44. The van der Waals surface area contributed by atoms with Crippen molar-refractivity contribution in [3.8, 4) is 0 Å². The molecule has 1 fully saturated rings. The molecule has 0 bridgehead atoms. The first-order chi connectivity index (χ1) is 14.3. The van der Waals surface area contributed by atoms with E-state index in [2.05, 4.69) is 30.3 Å². The van der Waals surface area contributed by atoms with Crippen LogP contribution in [0, 0.1) is 5.92 Å². The van der Waals surface area contributed by atoms with E-state index in [0.717, 1.165) is 36.1 Å². The van der Waals surface area contributed by atoms with E-state index in [9.17, 15) is 4.79 Å². The number of rotatable bonds is 3. The van der Waals surface area contributed by atoms with Gasteiger partial charge in [0.2, 0.25) is 0 Å². The van der Waals surface area contributed by atoms with Gasteiger partial charge in [0.1, 0.15) is 0 Å². The van der Waals surface area contributed by atoms with E-state index >= 15 is 0 Å². The van der Waals surface area contributed by atoms with Gasteiger partial charge >= 0.3 is 5.91 Å².